The molecule has 5 nitrogen and oxygen atoms in total. The van der Waals surface area contributed by atoms with Gasteiger partial charge in [0.25, 0.3) is 0 Å². The summed E-state index contributed by atoms with van der Waals surface area (Å²) in [7, 11) is -2.36. The number of hydrogen-bond donors (Lipinski definition) is 2. The van der Waals surface area contributed by atoms with Crippen molar-refractivity contribution in [2.24, 2.45) is 0 Å². The quantitative estimate of drug-likeness (QED) is 0.828. The predicted octanol–water partition coefficient (Wildman–Crippen LogP) is 1.62. The number of benzene rings is 1. The molecule has 0 aliphatic rings. The van der Waals surface area contributed by atoms with Crippen molar-refractivity contribution in [3.05, 3.63) is 22.7 Å². The number of nitrogen functional groups attached to an aromatic ring is 1. The first kappa shape index (κ1) is 16.2. The minimum Gasteiger partial charge on any atom is -0.398 e. The third-order valence-electron chi connectivity index (χ3n) is 3.24. The fourth-order valence-corrected chi connectivity index (χ4v) is 3.59. The lowest BCUT2D eigenvalue weighted by atomic mass is 10.1. The van der Waals surface area contributed by atoms with Crippen LogP contribution in [0.4, 0.5) is 5.69 Å². The predicted molar refractivity (Wildman–Crippen MR) is 76.7 cm³/mol. The molecule has 19 heavy (non-hydrogen) atoms. The summed E-state index contributed by atoms with van der Waals surface area (Å²) in [6.07, 6.45) is 0. The highest BCUT2D eigenvalue weighted by atomic mass is 35.5. The summed E-state index contributed by atoms with van der Waals surface area (Å²) in [5.74, 6) is 0. The zero-order valence-electron chi connectivity index (χ0n) is 11.4. The van der Waals surface area contributed by atoms with Crippen molar-refractivity contribution < 1.29 is 13.5 Å². The van der Waals surface area contributed by atoms with Gasteiger partial charge >= 0.3 is 0 Å². The van der Waals surface area contributed by atoms with Crippen molar-refractivity contribution in [1.29, 1.82) is 0 Å². The fourth-order valence-electron chi connectivity index (χ4n) is 1.51. The summed E-state index contributed by atoms with van der Waals surface area (Å²) in [6.45, 7) is 4.59. The van der Waals surface area contributed by atoms with Gasteiger partial charge in [-0.2, -0.15) is 4.31 Å². The summed E-state index contributed by atoms with van der Waals surface area (Å²) in [5.41, 5.74) is 5.60. The van der Waals surface area contributed by atoms with Crippen molar-refractivity contribution in [3.8, 4) is 0 Å². The molecule has 0 unspecified atom stereocenters. The Morgan fingerprint density at radius 1 is 1.42 bits per heavy atom. The standard InChI is InChI=1S/C12H19ClN2O3S/c1-8-10(14)5-9(13)6-11(8)19(17,18)15(4)12(2,3)7-16/h5-6,16H,7,14H2,1-4H3. The number of anilines is 1. The van der Waals surface area contributed by atoms with Gasteiger partial charge in [-0.15, -0.1) is 0 Å². The third-order valence-corrected chi connectivity index (χ3v) is 5.66. The first-order chi connectivity index (χ1) is 8.54. The summed E-state index contributed by atoms with van der Waals surface area (Å²) in [6, 6.07) is 2.87. The monoisotopic (exact) mass is 306 g/mol. The molecule has 0 spiro atoms. The van der Waals surface area contributed by atoms with E-state index in [0.29, 0.717) is 11.3 Å². The van der Waals surface area contributed by atoms with E-state index in [2.05, 4.69) is 0 Å². The number of halogens is 1. The molecule has 7 heteroatoms. The van der Waals surface area contributed by atoms with Crippen molar-refractivity contribution >= 4 is 27.3 Å². The Labute approximate surface area is 119 Å². The zero-order valence-corrected chi connectivity index (χ0v) is 13.0. The highest BCUT2D eigenvalue weighted by Crippen LogP contribution is 2.30. The molecule has 0 saturated heterocycles. The van der Waals surface area contributed by atoms with Crippen LogP contribution in [0.25, 0.3) is 0 Å². The van der Waals surface area contributed by atoms with Crippen LogP contribution in [0.15, 0.2) is 17.0 Å². The molecule has 1 aromatic rings. The van der Waals surface area contributed by atoms with Crippen LogP contribution in [0.5, 0.6) is 0 Å². The largest absolute Gasteiger partial charge is 0.398 e. The van der Waals surface area contributed by atoms with Crippen LogP contribution in [0, 0.1) is 6.92 Å². The molecule has 0 bridgehead atoms. The second kappa shape index (κ2) is 5.28. The van der Waals surface area contributed by atoms with Crippen LogP contribution in [0.1, 0.15) is 19.4 Å². The van der Waals surface area contributed by atoms with E-state index in [0.717, 1.165) is 4.31 Å². The first-order valence-electron chi connectivity index (χ1n) is 5.69. The number of nitrogens with zero attached hydrogens (tertiary/aromatic N) is 1. The van der Waals surface area contributed by atoms with Gasteiger partial charge in [0.2, 0.25) is 10.0 Å². The highest BCUT2D eigenvalue weighted by Gasteiger charge is 2.34. The van der Waals surface area contributed by atoms with Gasteiger partial charge < -0.3 is 10.8 Å². The van der Waals surface area contributed by atoms with E-state index < -0.39 is 15.6 Å². The van der Waals surface area contributed by atoms with Crippen molar-refractivity contribution in [2.75, 3.05) is 19.4 Å². The summed E-state index contributed by atoms with van der Waals surface area (Å²) in [4.78, 5) is 0.0570. The van der Waals surface area contributed by atoms with E-state index in [9.17, 15) is 13.5 Å². The maximum Gasteiger partial charge on any atom is 0.243 e. The van der Waals surface area contributed by atoms with E-state index in [1.807, 2.05) is 0 Å². The molecule has 0 saturated carbocycles. The molecule has 0 atom stereocenters. The number of sulfonamides is 1. The van der Waals surface area contributed by atoms with E-state index in [1.54, 1.807) is 20.8 Å². The van der Waals surface area contributed by atoms with E-state index >= 15 is 0 Å². The number of rotatable bonds is 4. The van der Waals surface area contributed by atoms with E-state index in [-0.39, 0.29) is 16.5 Å². The molecule has 0 aliphatic heterocycles. The summed E-state index contributed by atoms with van der Waals surface area (Å²) >= 11 is 5.87. The maximum atomic E-state index is 12.6. The Balaban J connectivity index is 3.45. The van der Waals surface area contributed by atoms with Gasteiger partial charge in [-0.05, 0) is 38.5 Å². The number of aliphatic hydroxyl groups excluding tert-OH is 1. The fraction of sp³-hybridized carbons (Fsp3) is 0.500. The number of aliphatic hydroxyl groups is 1. The van der Waals surface area contributed by atoms with Gasteiger partial charge in [0.05, 0.1) is 17.0 Å². The molecule has 0 amide bonds. The number of nitrogens with two attached hydrogens (primary N) is 1. The summed E-state index contributed by atoms with van der Waals surface area (Å²) < 4.78 is 26.3. The van der Waals surface area contributed by atoms with Crippen LogP contribution < -0.4 is 5.73 Å². The molecule has 0 radical (unpaired) electrons. The molecule has 0 fully saturated rings. The number of likely N-dealkylation sites (N-methyl/N-ethyl adjacent to an activating group) is 1. The molecular weight excluding hydrogens is 288 g/mol. The molecule has 3 N–H and O–H groups in total. The second-order valence-electron chi connectivity index (χ2n) is 5.06. The Bertz CT molecular complexity index is 585. The number of hydrogen-bond acceptors (Lipinski definition) is 4. The van der Waals surface area contributed by atoms with Crippen LogP contribution in [0.3, 0.4) is 0 Å². The SMILES string of the molecule is Cc1c(N)cc(Cl)cc1S(=O)(=O)N(C)C(C)(C)CO. The van der Waals surface area contributed by atoms with Crippen molar-refractivity contribution in [1.82, 2.24) is 4.31 Å². The zero-order chi connectivity index (χ0) is 15.0. The van der Waals surface area contributed by atoms with Gasteiger partial charge in [0.1, 0.15) is 0 Å². The lowest BCUT2D eigenvalue weighted by Gasteiger charge is -2.33. The molecule has 0 aliphatic carbocycles. The van der Waals surface area contributed by atoms with E-state index in [1.165, 1.54) is 19.2 Å². The van der Waals surface area contributed by atoms with Gasteiger partial charge in [0.15, 0.2) is 0 Å². The Morgan fingerprint density at radius 2 is 1.95 bits per heavy atom. The second-order valence-corrected chi connectivity index (χ2v) is 7.44. The molecule has 108 valence electrons. The Morgan fingerprint density at radius 3 is 2.42 bits per heavy atom. The molecule has 1 aromatic carbocycles. The lowest BCUT2D eigenvalue weighted by molar-refractivity contribution is 0.138. The average Bonchev–Trinajstić information content (AvgIpc) is 2.32. The minimum atomic E-state index is -3.78. The molecule has 1 rings (SSSR count). The minimum absolute atomic E-state index is 0.0570. The van der Waals surface area contributed by atoms with Gasteiger partial charge in [-0.25, -0.2) is 8.42 Å². The van der Waals surface area contributed by atoms with Gasteiger partial charge in [-0.3, -0.25) is 0 Å². The molecule has 0 aromatic heterocycles. The van der Waals surface area contributed by atoms with Gasteiger partial charge in [0, 0.05) is 17.8 Å². The topological polar surface area (TPSA) is 83.6 Å². The van der Waals surface area contributed by atoms with Crippen molar-refractivity contribution in [2.45, 2.75) is 31.2 Å². The summed E-state index contributed by atoms with van der Waals surface area (Å²) in [5, 5.41) is 9.56. The third kappa shape index (κ3) is 3.02. The molecular formula is C12H19ClN2O3S. The maximum absolute atomic E-state index is 12.6. The van der Waals surface area contributed by atoms with Gasteiger partial charge in [-0.1, -0.05) is 11.6 Å². The Hall–Kier alpha value is -0.820. The first-order valence-corrected chi connectivity index (χ1v) is 7.51. The van der Waals surface area contributed by atoms with Crippen LogP contribution >= 0.6 is 11.6 Å². The normalized spacial score (nSPS) is 13.0. The molecule has 0 heterocycles. The lowest BCUT2D eigenvalue weighted by Crippen LogP contribution is -2.47. The van der Waals surface area contributed by atoms with Crippen LogP contribution in [0.2, 0.25) is 5.02 Å². The highest BCUT2D eigenvalue weighted by molar-refractivity contribution is 7.89. The van der Waals surface area contributed by atoms with E-state index in [4.69, 9.17) is 17.3 Å². The Kier molecular flexibility index (Phi) is 4.51. The van der Waals surface area contributed by atoms with Crippen molar-refractivity contribution in [3.63, 3.8) is 0 Å². The van der Waals surface area contributed by atoms with Crippen LogP contribution in [-0.2, 0) is 10.0 Å². The smallest absolute Gasteiger partial charge is 0.243 e. The average molecular weight is 307 g/mol. The van der Waals surface area contributed by atoms with Crippen LogP contribution in [-0.4, -0.2) is 37.0 Å².